The van der Waals surface area contributed by atoms with Gasteiger partial charge in [0.05, 0.1) is 21.6 Å². The van der Waals surface area contributed by atoms with E-state index in [-0.39, 0.29) is 5.91 Å². The van der Waals surface area contributed by atoms with Crippen molar-refractivity contribution in [3.8, 4) is 0 Å². The van der Waals surface area contributed by atoms with Gasteiger partial charge < -0.3 is 14.7 Å². The van der Waals surface area contributed by atoms with Crippen molar-refractivity contribution in [2.75, 3.05) is 0 Å². The van der Waals surface area contributed by atoms with Crippen molar-refractivity contribution in [3.05, 3.63) is 75.8 Å². The highest BCUT2D eigenvalue weighted by molar-refractivity contribution is 8.18. The Morgan fingerprint density at radius 3 is 2.94 bits per heavy atom. The van der Waals surface area contributed by atoms with Crippen LogP contribution < -0.4 is 5.32 Å². The summed E-state index contributed by atoms with van der Waals surface area (Å²) in [5, 5.41) is 5.31. The molecule has 2 aromatic heterocycles. The van der Waals surface area contributed by atoms with Crippen molar-refractivity contribution in [2.24, 2.45) is 4.99 Å². The van der Waals surface area contributed by atoms with Gasteiger partial charge in [-0.05, 0) is 72.4 Å². The van der Waals surface area contributed by atoms with E-state index in [2.05, 4.69) is 20.3 Å². The molecule has 1 fully saturated rings. The highest BCUT2D eigenvalue weighted by atomic mass is 35.5. The zero-order valence-electron chi connectivity index (χ0n) is 16.2. The third-order valence-corrected chi connectivity index (χ3v) is 6.44. The molecule has 154 valence electrons. The van der Waals surface area contributed by atoms with Gasteiger partial charge in [0.2, 0.25) is 0 Å². The Balaban J connectivity index is 1.33. The molecule has 3 heterocycles. The molecule has 0 unspecified atom stereocenters. The van der Waals surface area contributed by atoms with Crippen LogP contribution in [-0.4, -0.2) is 21.0 Å². The number of hydrogen-bond acceptors (Lipinski definition) is 6. The van der Waals surface area contributed by atoms with Crippen molar-refractivity contribution in [2.45, 2.75) is 17.2 Å². The smallest absolute Gasteiger partial charge is 0.264 e. The largest absolute Gasteiger partial charge is 0.450 e. The molecule has 0 bridgehead atoms. The first kappa shape index (κ1) is 20.0. The molecule has 0 aliphatic carbocycles. The number of imidazole rings is 1. The molecule has 2 N–H and O–H groups in total. The fraction of sp³-hybridized carbons (Fsp3) is 0.0455. The molecule has 0 radical (unpaired) electrons. The van der Waals surface area contributed by atoms with Crippen molar-refractivity contribution in [1.82, 2.24) is 15.3 Å². The molecular weight excluding hydrogens is 452 g/mol. The summed E-state index contributed by atoms with van der Waals surface area (Å²) in [5.41, 5.74) is 3.57. The van der Waals surface area contributed by atoms with Gasteiger partial charge in [0, 0.05) is 11.1 Å². The van der Waals surface area contributed by atoms with Crippen molar-refractivity contribution in [1.29, 1.82) is 0 Å². The molecule has 0 atom stereocenters. The van der Waals surface area contributed by atoms with Crippen LogP contribution in [0.5, 0.6) is 0 Å². The summed E-state index contributed by atoms with van der Waals surface area (Å²) in [5.74, 6) is 0.364. The highest BCUT2D eigenvalue weighted by Crippen LogP contribution is 2.33. The Labute approximate surface area is 191 Å². The van der Waals surface area contributed by atoms with Crippen LogP contribution in [-0.2, 0) is 4.79 Å². The van der Waals surface area contributed by atoms with E-state index in [1.54, 1.807) is 12.1 Å². The van der Waals surface area contributed by atoms with Crippen LogP contribution in [0.1, 0.15) is 11.3 Å². The van der Waals surface area contributed by atoms with E-state index in [0.717, 1.165) is 27.4 Å². The lowest BCUT2D eigenvalue weighted by atomic mass is 10.2. The average molecular weight is 467 g/mol. The summed E-state index contributed by atoms with van der Waals surface area (Å²) in [7, 11) is 0. The second-order valence-corrected chi connectivity index (χ2v) is 9.19. The van der Waals surface area contributed by atoms with Gasteiger partial charge in [0.1, 0.15) is 5.76 Å². The average Bonchev–Trinajstić information content (AvgIpc) is 3.44. The number of thioether (sulfide) groups is 1. The van der Waals surface area contributed by atoms with Gasteiger partial charge in [-0.1, -0.05) is 29.8 Å². The third kappa shape index (κ3) is 4.41. The van der Waals surface area contributed by atoms with Crippen LogP contribution in [0.4, 0.5) is 5.69 Å². The van der Waals surface area contributed by atoms with Crippen LogP contribution >= 0.6 is 35.1 Å². The monoisotopic (exact) mass is 466 g/mol. The second kappa shape index (κ2) is 8.30. The summed E-state index contributed by atoms with van der Waals surface area (Å²) in [6.45, 7) is 1.94. The van der Waals surface area contributed by atoms with Crippen LogP contribution in [0.25, 0.3) is 17.1 Å². The van der Waals surface area contributed by atoms with E-state index in [1.807, 2.05) is 55.5 Å². The number of aromatic amines is 1. The summed E-state index contributed by atoms with van der Waals surface area (Å²) in [6.07, 6.45) is 1.70. The number of aromatic nitrogens is 2. The number of rotatable bonds is 4. The molecule has 4 aromatic rings. The first-order chi connectivity index (χ1) is 15.0. The number of aryl methyl sites for hydroxylation is 1. The van der Waals surface area contributed by atoms with Crippen LogP contribution in [0.2, 0.25) is 5.02 Å². The van der Waals surface area contributed by atoms with Crippen LogP contribution in [0.15, 0.2) is 79.2 Å². The highest BCUT2D eigenvalue weighted by Gasteiger charge is 2.24. The number of nitrogens with zero attached hydrogens (tertiary/aromatic N) is 2. The maximum Gasteiger partial charge on any atom is 0.264 e. The first-order valence-corrected chi connectivity index (χ1v) is 11.3. The molecule has 9 heteroatoms. The number of fused-ring (bicyclic) bond motifs is 1. The molecule has 0 saturated carbocycles. The third-order valence-electron chi connectivity index (χ3n) is 4.48. The molecule has 1 amide bonds. The Hall–Kier alpha value is -2.94. The summed E-state index contributed by atoms with van der Waals surface area (Å²) < 4.78 is 5.86. The molecule has 31 heavy (non-hydrogen) atoms. The number of para-hydroxylation sites is 2. The van der Waals surface area contributed by atoms with Gasteiger partial charge in [0.25, 0.3) is 5.91 Å². The Morgan fingerprint density at radius 2 is 2.06 bits per heavy atom. The Kier molecular flexibility index (Phi) is 5.35. The van der Waals surface area contributed by atoms with Gasteiger partial charge in [0.15, 0.2) is 15.4 Å². The normalized spacial score (nSPS) is 16.5. The second-order valence-electron chi connectivity index (χ2n) is 6.73. The minimum atomic E-state index is -0.216. The number of amides is 1. The van der Waals surface area contributed by atoms with Crippen molar-refractivity contribution < 1.29 is 9.21 Å². The molecule has 1 saturated heterocycles. The quantitative estimate of drug-likeness (QED) is 0.352. The minimum Gasteiger partial charge on any atom is -0.450 e. The maximum absolute atomic E-state index is 12.4. The fourth-order valence-corrected chi connectivity index (χ4v) is 4.71. The molecule has 6 nitrogen and oxygen atoms in total. The number of halogens is 1. The number of H-pyrrole nitrogens is 1. The molecular formula is C22H15ClN4O2S2. The standard InChI is InChI=1S/C22H15ClN4O2S2/c1-12-6-7-13(23)10-17(12)26-22-27-20(28)18(30-22)11-14-8-9-19(29-14)31-21-24-15-4-2-3-5-16(15)25-21/h2-11H,1H3,(H,24,25)(H,26,27,28)/b18-11-. The predicted molar refractivity (Wildman–Crippen MR) is 126 cm³/mol. The van der Waals surface area contributed by atoms with Gasteiger partial charge in [-0.3, -0.25) is 4.79 Å². The Morgan fingerprint density at radius 1 is 1.19 bits per heavy atom. The number of hydrogen-bond donors (Lipinski definition) is 2. The van der Waals surface area contributed by atoms with Crippen molar-refractivity contribution in [3.63, 3.8) is 0 Å². The zero-order chi connectivity index (χ0) is 21.4. The molecule has 1 aliphatic rings. The van der Waals surface area contributed by atoms with Gasteiger partial charge in [-0.15, -0.1) is 0 Å². The summed E-state index contributed by atoms with van der Waals surface area (Å²) in [4.78, 5) is 25.2. The number of nitrogens with one attached hydrogen (secondary N) is 2. The fourth-order valence-electron chi connectivity index (χ4n) is 2.96. The van der Waals surface area contributed by atoms with Crippen LogP contribution in [0, 0.1) is 6.92 Å². The van der Waals surface area contributed by atoms with Gasteiger partial charge in [-0.2, -0.15) is 0 Å². The van der Waals surface area contributed by atoms with Gasteiger partial charge in [-0.25, -0.2) is 9.98 Å². The topological polar surface area (TPSA) is 83.3 Å². The van der Waals surface area contributed by atoms with E-state index < -0.39 is 0 Å². The van der Waals surface area contributed by atoms with E-state index in [1.165, 1.54) is 23.5 Å². The molecule has 1 aliphatic heterocycles. The predicted octanol–water partition coefficient (Wildman–Crippen LogP) is 6.16. The van der Waals surface area contributed by atoms with Gasteiger partial charge >= 0.3 is 0 Å². The summed E-state index contributed by atoms with van der Waals surface area (Å²) in [6, 6.07) is 17.0. The summed E-state index contributed by atoms with van der Waals surface area (Å²) >= 11 is 8.71. The Bertz CT molecular complexity index is 1340. The number of aliphatic imine (C=N–C) groups is 1. The van der Waals surface area contributed by atoms with E-state index in [0.29, 0.717) is 25.9 Å². The van der Waals surface area contributed by atoms with Crippen molar-refractivity contribution >= 4 is 69.0 Å². The van der Waals surface area contributed by atoms with Crippen LogP contribution in [0.3, 0.4) is 0 Å². The van der Waals surface area contributed by atoms with E-state index in [4.69, 9.17) is 16.0 Å². The zero-order valence-corrected chi connectivity index (χ0v) is 18.6. The maximum atomic E-state index is 12.4. The SMILES string of the molecule is Cc1ccc(Cl)cc1N=C1NC(=O)/C(=C/c2ccc(Sc3nc4ccccc4[nH]3)o2)S1. The number of amidine groups is 1. The number of benzene rings is 2. The lowest BCUT2D eigenvalue weighted by molar-refractivity contribution is -0.115. The number of furan rings is 1. The van der Waals surface area contributed by atoms with E-state index >= 15 is 0 Å². The molecule has 0 spiro atoms. The lowest BCUT2D eigenvalue weighted by Gasteiger charge is -2.01. The first-order valence-electron chi connectivity index (χ1n) is 9.32. The molecule has 5 rings (SSSR count). The number of carbonyl (C=O) groups is 1. The molecule has 2 aromatic carbocycles. The lowest BCUT2D eigenvalue weighted by Crippen LogP contribution is -2.19. The van der Waals surface area contributed by atoms with E-state index in [9.17, 15) is 4.79 Å². The minimum absolute atomic E-state index is 0.216. The number of carbonyl (C=O) groups excluding carboxylic acids is 1.